The average molecular weight is 457 g/mol. The van der Waals surface area contributed by atoms with Crippen molar-refractivity contribution in [2.24, 2.45) is 0 Å². The summed E-state index contributed by atoms with van der Waals surface area (Å²) in [6.07, 6.45) is 2.54. The Morgan fingerprint density at radius 3 is 2.03 bits per heavy atom. The number of nitrogens with one attached hydrogen (secondary N) is 1. The standard InChI is InChI=1S/C29H32N2O3/c1-34-29(33)26-20-25(30-19-11-14-22-12-5-2-6-13-22)21-31(26)28(32)27(23-15-7-3-8-16-23)24-17-9-4-10-18-24/h2-10,12-13,15-18,25-27,30H,11,14,19-21H2,1H3/t25-,26-/m0/s1. The van der Waals surface area contributed by atoms with Crippen LogP contribution in [-0.2, 0) is 20.7 Å². The van der Waals surface area contributed by atoms with Crippen LogP contribution in [0.3, 0.4) is 0 Å². The van der Waals surface area contributed by atoms with Crippen LogP contribution in [0.4, 0.5) is 0 Å². The lowest BCUT2D eigenvalue weighted by Crippen LogP contribution is -2.44. The van der Waals surface area contributed by atoms with Crippen molar-refractivity contribution in [2.75, 3.05) is 20.2 Å². The lowest BCUT2D eigenvalue weighted by Gasteiger charge is -2.28. The van der Waals surface area contributed by atoms with Gasteiger partial charge in [0, 0.05) is 12.6 Å². The summed E-state index contributed by atoms with van der Waals surface area (Å²) in [5.74, 6) is -0.894. The van der Waals surface area contributed by atoms with Gasteiger partial charge in [-0.1, -0.05) is 91.0 Å². The van der Waals surface area contributed by atoms with Gasteiger partial charge in [-0.2, -0.15) is 0 Å². The predicted molar refractivity (Wildman–Crippen MR) is 133 cm³/mol. The molecule has 0 aromatic heterocycles. The molecule has 5 nitrogen and oxygen atoms in total. The van der Waals surface area contributed by atoms with Crippen LogP contribution in [0.1, 0.15) is 35.4 Å². The summed E-state index contributed by atoms with van der Waals surface area (Å²) in [5, 5.41) is 3.56. The first kappa shape index (κ1) is 23.7. The molecule has 1 fully saturated rings. The third-order valence-electron chi connectivity index (χ3n) is 6.49. The van der Waals surface area contributed by atoms with Crippen molar-refractivity contribution in [3.63, 3.8) is 0 Å². The van der Waals surface area contributed by atoms with Crippen molar-refractivity contribution >= 4 is 11.9 Å². The zero-order valence-electron chi connectivity index (χ0n) is 19.6. The molecule has 0 saturated carbocycles. The van der Waals surface area contributed by atoms with E-state index in [1.165, 1.54) is 12.7 Å². The van der Waals surface area contributed by atoms with E-state index in [2.05, 4.69) is 29.6 Å². The summed E-state index contributed by atoms with van der Waals surface area (Å²) in [5.41, 5.74) is 3.15. The van der Waals surface area contributed by atoms with Crippen molar-refractivity contribution in [2.45, 2.75) is 37.3 Å². The number of methoxy groups -OCH3 is 1. The van der Waals surface area contributed by atoms with Gasteiger partial charge in [0.2, 0.25) is 5.91 Å². The maximum atomic E-state index is 13.9. The Morgan fingerprint density at radius 1 is 0.912 bits per heavy atom. The van der Waals surface area contributed by atoms with E-state index >= 15 is 0 Å². The topological polar surface area (TPSA) is 58.6 Å². The van der Waals surface area contributed by atoms with Gasteiger partial charge in [0.25, 0.3) is 0 Å². The van der Waals surface area contributed by atoms with Crippen LogP contribution in [0.2, 0.25) is 0 Å². The van der Waals surface area contributed by atoms with Gasteiger partial charge in [-0.05, 0) is 42.5 Å². The predicted octanol–water partition coefficient (Wildman–Crippen LogP) is 4.18. The third-order valence-corrected chi connectivity index (χ3v) is 6.49. The number of hydrogen-bond donors (Lipinski definition) is 1. The number of aryl methyl sites for hydroxylation is 1. The van der Waals surface area contributed by atoms with E-state index in [1.807, 2.05) is 66.7 Å². The first-order valence-electron chi connectivity index (χ1n) is 11.9. The molecule has 3 aromatic rings. The van der Waals surface area contributed by atoms with Crippen LogP contribution in [0.15, 0.2) is 91.0 Å². The molecule has 2 atom stereocenters. The van der Waals surface area contributed by atoms with E-state index in [1.54, 1.807) is 4.90 Å². The number of esters is 1. The second-order valence-electron chi connectivity index (χ2n) is 8.76. The summed E-state index contributed by atoms with van der Waals surface area (Å²) in [4.78, 5) is 28.3. The number of hydrogen-bond acceptors (Lipinski definition) is 4. The van der Waals surface area contributed by atoms with Crippen LogP contribution in [0.25, 0.3) is 0 Å². The number of rotatable bonds is 9. The van der Waals surface area contributed by atoms with Crippen molar-refractivity contribution in [1.82, 2.24) is 10.2 Å². The summed E-state index contributed by atoms with van der Waals surface area (Å²) in [6.45, 7) is 1.32. The maximum absolute atomic E-state index is 13.9. The molecule has 1 amide bonds. The van der Waals surface area contributed by atoms with Crippen molar-refractivity contribution in [3.8, 4) is 0 Å². The van der Waals surface area contributed by atoms with Crippen molar-refractivity contribution < 1.29 is 14.3 Å². The molecule has 0 bridgehead atoms. The molecule has 0 spiro atoms. The van der Waals surface area contributed by atoms with E-state index in [4.69, 9.17) is 4.74 Å². The molecule has 3 aromatic carbocycles. The number of likely N-dealkylation sites (tertiary alicyclic amines) is 1. The molecular formula is C29H32N2O3. The minimum absolute atomic E-state index is 0.0519. The van der Waals surface area contributed by atoms with Crippen LogP contribution in [0, 0.1) is 0 Å². The molecule has 34 heavy (non-hydrogen) atoms. The lowest BCUT2D eigenvalue weighted by molar-refractivity contribution is -0.151. The number of carbonyl (C=O) groups excluding carboxylic acids is 2. The highest BCUT2D eigenvalue weighted by atomic mass is 16.5. The van der Waals surface area contributed by atoms with Crippen LogP contribution in [0.5, 0.6) is 0 Å². The monoisotopic (exact) mass is 456 g/mol. The number of amides is 1. The van der Waals surface area contributed by atoms with Gasteiger partial charge in [0.15, 0.2) is 0 Å². The molecule has 1 heterocycles. The zero-order chi connectivity index (χ0) is 23.8. The molecule has 176 valence electrons. The van der Waals surface area contributed by atoms with E-state index in [-0.39, 0.29) is 17.9 Å². The molecule has 5 heteroatoms. The van der Waals surface area contributed by atoms with Crippen LogP contribution >= 0.6 is 0 Å². The third kappa shape index (κ3) is 5.72. The fraction of sp³-hybridized carbons (Fsp3) is 0.310. The average Bonchev–Trinajstić information content (AvgIpc) is 3.32. The quantitative estimate of drug-likeness (QED) is 0.388. The van der Waals surface area contributed by atoms with Gasteiger partial charge in [0.1, 0.15) is 6.04 Å². The van der Waals surface area contributed by atoms with Gasteiger partial charge >= 0.3 is 5.97 Å². The Hall–Kier alpha value is -3.44. The normalized spacial score (nSPS) is 17.6. The molecule has 4 rings (SSSR count). The van der Waals surface area contributed by atoms with Crippen molar-refractivity contribution in [3.05, 3.63) is 108 Å². The minimum Gasteiger partial charge on any atom is -0.467 e. The molecule has 1 aliphatic heterocycles. The Balaban J connectivity index is 1.48. The minimum atomic E-state index is -0.584. The van der Waals surface area contributed by atoms with Crippen LogP contribution < -0.4 is 5.32 Å². The van der Waals surface area contributed by atoms with E-state index in [0.717, 1.165) is 30.5 Å². The van der Waals surface area contributed by atoms with Gasteiger partial charge in [-0.3, -0.25) is 4.79 Å². The summed E-state index contributed by atoms with van der Waals surface area (Å²) in [6, 6.07) is 29.4. The second kappa shape index (κ2) is 11.6. The Kier molecular flexibility index (Phi) is 8.10. The molecule has 0 aliphatic carbocycles. The fourth-order valence-corrected chi connectivity index (χ4v) is 4.76. The van der Waals surface area contributed by atoms with Crippen molar-refractivity contribution in [1.29, 1.82) is 0 Å². The van der Waals surface area contributed by atoms with E-state index in [0.29, 0.717) is 13.0 Å². The molecule has 1 saturated heterocycles. The highest BCUT2D eigenvalue weighted by molar-refractivity contribution is 5.91. The Labute approximate surface area is 201 Å². The summed E-state index contributed by atoms with van der Waals surface area (Å²) >= 11 is 0. The molecule has 0 unspecified atom stereocenters. The highest BCUT2D eigenvalue weighted by Gasteiger charge is 2.42. The smallest absolute Gasteiger partial charge is 0.328 e. The molecule has 1 aliphatic rings. The summed E-state index contributed by atoms with van der Waals surface area (Å²) in [7, 11) is 1.39. The van der Waals surface area contributed by atoms with Crippen LogP contribution in [-0.4, -0.2) is 49.1 Å². The second-order valence-corrected chi connectivity index (χ2v) is 8.76. The lowest BCUT2D eigenvalue weighted by atomic mass is 9.90. The molecule has 0 radical (unpaired) electrons. The first-order chi connectivity index (χ1) is 16.7. The fourth-order valence-electron chi connectivity index (χ4n) is 4.76. The van der Waals surface area contributed by atoms with Gasteiger partial charge in [-0.25, -0.2) is 4.79 Å². The Morgan fingerprint density at radius 2 is 1.47 bits per heavy atom. The molecular weight excluding hydrogens is 424 g/mol. The molecule has 1 N–H and O–H groups in total. The number of ether oxygens (including phenoxy) is 1. The zero-order valence-corrected chi connectivity index (χ0v) is 19.6. The first-order valence-corrected chi connectivity index (χ1v) is 11.9. The number of carbonyl (C=O) groups is 2. The Bertz CT molecular complexity index is 1020. The van der Waals surface area contributed by atoms with Gasteiger partial charge < -0.3 is 15.0 Å². The SMILES string of the molecule is COC(=O)[C@@H]1C[C@H](NCCCc2ccccc2)CN1C(=O)C(c1ccccc1)c1ccccc1. The largest absolute Gasteiger partial charge is 0.467 e. The van der Waals surface area contributed by atoms with E-state index < -0.39 is 12.0 Å². The highest BCUT2D eigenvalue weighted by Crippen LogP contribution is 2.31. The maximum Gasteiger partial charge on any atom is 0.328 e. The number of benzene rings is 3. The van der Waals surface area contributed by atoms with Gasteiger partial charge in [0.05, 0.1) is 13.0 Å². The van der Waals surface area contributed by atoms with E-state index in [9.17, 15) is 9.59 Å². The summed E-state index contributed by atoms with van der Waals surface area (Å²) < 4.78 is 5.08. The number of nitrogens with zero attached hydrogens (tertiary/aromatic N) is 1. The van der Waals surface area contributed by atoms with Gasteiger partial charge in [-0.15, -0.1) is 0 Å².